The van der Waals surface area contributed by atoms with Gasteiger partial charge in [-0.3, -0.25) is 0 Å². The normalized spacial score (nSPS) is 19.3. The molecular weight excluding hydrogens is 981 g/mol. The molecule has 4 heteroatoms. The predicted octanol–water partition coefficient (Wildman–Crippen LogP) is 18.2. The second kappa shape index (κ2) is 18.9. The lowest BCUT2D eigenvalue weighted by Crippen LogP contribution is -2.42. The number of aliphatic imine (C=N–C) groups is 1. The van der Waals surface area contributed by atoms with E-state index < -0.39 is 0 Å². The Kier molecular flexibility index (Phi) is 13.5. The third-order valence-corrected chi connectivity index (χ3v) is 17.3. The molecule has 2 aromatic heterocycles. The van der Waals surface area contributed by atoms with Crippen LogP contribution < -0.4 is 16.2 Å². The van der Waals surface area contributed by atoms with E-state index in [9.17, 15) is 0 Å². The number of allylic oxidation sites excluding steroid dienone is 7. The Morgan fingerprint density at radius 1 is 0.309 bits per heavy atom. The predicted molar refractivity (Wildman–Crippen MR) is 349 cm³/mol. The topological polar surface area (TPSA) is 34.2 Å². The van der Waals surface area contributed by atoms with Gasteiger partial charge in [-0.1, -0.05) is 251 Å². The first-order valence-electron chi connectivity index (χ1n) is 29.9. The molecule has 6 bridgehead atoms. The molecule has 0 amide bonds. The van der Waals surface area contributed by atoms with Crippen molar-refractivity contribution in [2.24, 2.45) is 4.99 Å². The monoisotopic (exact) mass is 1070 g/mol. The highest BCUT2D eigenvalue weighted by Gasteiger charge is 2.33. The summed E-state index contributed by atoms with van der Waals surface area (Å²) in [4.78, 5) is 5.94. The van der Waals surface area contributed by atoms with E-state index in [0.717, 1.165) is 55.8 Å². The number of fused-ring (bicyclic) bond motifs is 2. The van der Waals surface area contributed by atoms with E-state index in [-0.39, 0.29) is 43.3 Å². The lowest BCUT2D eigenvalue weighted by Gasteiger charge is -2.29. The minimum atomic E-state index is -0.110. The number of hydrogen-bond donors (Lipinski definition) is 1. The largest absolute Gasteiger partial charge is 0.248 e. The summed E-state index contributed by atoms with van der Waals surface area (Å²) in [5.41, 5.74) is 29.6. The summed E-state index contributed by atoms with van der Waals surface area (Å²) in [6.07, 6.45) is 11.8. The van der Waals surface area contributed by atoms with Gasteiger partial charge in [0.1, 0.15) is 0 Å². The van der Waals surface area contributed by atoms with Crippen molar-refractivity contribution in [3.8, 4) is 0 Å². The van der Waals surface area contributed by atoms with Gasteiger partial charge in [-0.25, -0.2) is 19.9 Å². The van der Waals surface area contributed by atoms with Crippen molar-refractivity contribution in [1.82, 2.24) is 9.35 Å². The first-order chi connectivity index (χ1) is 37.2. The van der Waals surface area contributed by atoms with Crippen molar-refractivity contribution in [2.45, 2.75) is 209 Å². The minimum absolute atomic E-state index is 0.0980. The van der Waals surface area contributed by atoms with Crippen LogP contribution in [0.3, 0.4) is 0 Å². The average molecular weight is 1080 g/mol. The van der Waals surface area contributed by atoms with E-state index in [1.807, 2.05) is 0 Å². The molecule has 4 aromatic carbocycles. The number of rotatable bonds is 4. The molecule has 6 aromatic rings. The van der Waals surface area contributed by atoms with E-state index >= 15 is 0 Å². The third kappa shape index (κ3) is 10.9. The molecule has 4 nitrogen and oxygen atoms in total. The van der Waals surface area contributed by atoms with Crippen LogP contribution in [0.2, 0.25) is 0 Å². The standard InChI is InChI=1S/C77H94N4/c1-70(2,3)52-34-48(35-53(42-52)71(4,5)6)66-46-25-26-47(33-46)67(49-36-54(72(7,8)9)43-55(37-49)73(10,11)12)63-30-32-65-69(51-40-58(76(19,20)21)45-59(41-51)77(22,23)24)61-28-27-60(78-61)68(64-31-29-62(66)80(64)79-81(63)65)50-38-56(74(13,14)15)44-57(39-50)75(16,17)18/h25-45,79H,1-24H3/b66-46-,66-62?,67-47?,67-63+,68-60-,68-64?,69-61?,69-65+. The maximum absolute atomic E-state index is 5.94. The van der Waals surface area contributed by atoms with Crippen LogP contribution in [-0.4, -0.2) is 15.1 Å². The Balaban J connectivity index is 1.47. The van der Waals surface area contributed by atoms with E-state index in [1.165, 1.54) is 77.9 Å². The van der Waals surface area contributed by atoms with Crippen LogP contribution in [0, 0.1) is 0 Å². The molecule has 0 fully saturated rings. The average Bonchev–Trinajstić information content (AvgIpc) is 4.13. The van der Waals surface area contributed by atoms with Gasteiger partial charge in [0.05, 0.1) is 33.5 Å². The molecule has 81 heavy (non-hydrogen) atoms. The van der Waals surface area contributed by atoms with Crippen LogP contribution in [0.1, 0.15) is 244 Å². The van der Waals surface area contributed by atoms with Gasteiger partial charge in [0, 0.05) is 22.3 Å². The highest BCUT2D eigenvalue weighted by molar-refractivity contribution is 6.30. The van der Waals surface area contributed by atoms with Gasteiger partial charge in [-0.15, -0.1) is 0 Å². The number of nitrogens with zero attached hydrogens (tertiary/aromatic N) is 3. The van der Waals surface area contributed by atoms with Gasteiger partial charge in [0.25, 0.3) is 0 Å². The molecule has 1 aliphatic carbocycles. The summed E-state index contributed by atoms with van der Waals surface area (Å²) in [5, 5.41) is 2.12. The van der Waals surface area contributed by atoms with Gasteiger partial charge in [-0.2, -0.15) is 0 Å². The Hall–Kier alpha value is -6.65. The molecule has 0 unspecified atom stereocenters. The van der Waals surface area contributed by atoms with Crippen molar-refractivity contribution in [1.29, 1.82) is 0 Å². The molecular formula is C77H94N4. The van der Waals surface area contributed by atoms with E-state index in [2.05, 4.69) is 308 Å². The maximum Gasteiger partial charge on any atom is 0.0746 e. The van der Waals surface area contributed by atoms with Crippen LogP contribution in [0.5, 0.6) is 0 Å². The van der Waals surface area contributed by atoms with Crippen LogP contribution in [-0.2, 0) is 43.3 Å². The zero-order valence-corrected chi connectivity index (χ0v) is 54.0. The fraction of sp³-hybridized carbons (Fsp3) is 0.416. The second-order valence-corrected chi connectivity index (χ2v) is 32.3. The first-order valence-corrected chi connectivity index (χ1v) is 29.9. The van der Waals surface area contributed by atoms with Crippen LogP contribution in [0.4, 0.5) is 0 Å². The number of hydrogen-bond acceptors (Lipinski definition) is 2. The molecule has 1 N–H and O–H groups in total. The van der Waals surface area contributed by atoms with Gasteiger partial charge in [0.15, 0.2) is 0 Å². The summed E-state index contributed by atoms with van der Waals surface area (Å²) in [5.74, 6) is 0. The summed E-state index contributed by atoms with van der Waals surface area (Å²) in [7, 11) is 0. The quantitative estimate of drug-likeness (QED) is 0.188. The van der Waals surface area contributed by atoms with Crippen LogP contribution in [0.25, 0.3) is 22.3 Å². The van der Waals surface area contributed by atoms with E-state index in [1.54, 1.807) is 0 Å². The van der Waals surface area contributed by atoms with Gasteiger partial charge >= 0.3 is 0 Å². The van der Waals surface area contributed by atoms with Gasteiger partial charge < -0.3 is 0 Å². The molecule has 0 saturated heterocycles. The lowest BCUT2D eigenvalue weighted by molar-refractivity contribution is 0.567. The Labute approximate surface area is 488 Å². The zero-order chi connectivity index (χ0) is 59.3. The maximum atomic E-state index is 5.94. The molecule has 5 heterocycles. The molecule has 4 aliphatic rings. The van der Waals surface area contributed by atoms with Crippen LogP contribution in [0.15, 0.2) is 149 Å². The molecule has 0 spiro atoms. The lowest BCUT2D eigenvalue weighted by atomic mass is 9.78. The van der Waals surface area contributed by atoms with Crippen molar-refractivity contribution in [3.63, 3.8) is 0 Å². The third-order valence-electron chi connectivity index (χ3n) is 17.3. The zero-order valence-electron chi connectivity index (χ0n) is 54.0. The van der Waals surface area contributed by atoms with Crippen molar-refractivity contribution < 1.29 is 0 Å². The van der Waals surface area contributed by atoms with Gasteiger partial charge in [0.2, 0.25) is 0 Å². The smallest absolute Gasteiger partial charge is 0.0746 e. The van der Waals surface area contributed by atoms with Crippen LogP contribution >= 0.6 is 0 Å². The Bertz CT molecular complexity index is 3540. The van der Waals surface area contributed by atoms with Crippen molar-refractivity contribution in [2.75, 3.05) is 5.53 Å². The van der Waals surface area contributed by atoms with Crippen molar-refractivity contribution >= 4 is 28.0 Å². The van der Waals surface area contributed by atoms with Crippen molar-refractivity contribution in [3.05, 3.63) is 233 Å². The number of nitrogens with one attached hydrogen (secondary N) is 1. The number of benzene rings is 4. The Morgan fingerprint density at radius 2 is 0.630 bits per heavy atom. The molecule has 10 rings (SSSR count). The SMILES string of the molecule is CC(C)(C)c1cc(/C2=C3\C=CC(=C3)/C(c3cc(C(C)(C)C)cc(C(C)(C)C)c3)=c3/cc/c4n3Nn3c2ccc3/C(c2cc(C(C)(C)C)cc(C(C)(C)C)c2)=C2/C=CC(=N2)/C=4c2cc(C(C)(C)C)cc(C(C)(C)C)c2)cc(C(C)(C)C)c1. The molecule has 0 radical (unpaired) electrons. The molecule has 0 saturated carbocycles. The summed E-state index contributed by atoms with van der Waals surface area (Å²) < 4.78 is 4.84. The Morgan fingerprint density at radius 3 is 1.00 bits per heavy atom. The highest BCUT2D eigenvalue weighted by Crippen LogP contribution is 2.45. The minimum Gasteiger partial charge on any atom is -0.248 e. The summed E-state index contributed by atoms with van der Waals surface area (Å²) >= 11 is 0. The fourth-order valence-electron chi connectivity index (χ4n) is 11.7. The first kappa shape index (κ1) is 57.6. The molecule has 3 aliphatic heterocycles. The van der Waals surface area contributed by atoms with E-state index in [0.29, 0.717) is 0 Å². The molecule has 422 valence electrons. The van der Waals surface area contributed by atoms with E-state index in [4.69, 9.17) is 4.99 Å². The highest BCUT2D eigenvalue weighted by atomic mass is 15.7. The summed E-state index contributed by atoms with van der Waals surface area (Å²) in [6.45, 7) is 56.3. The van der Waals surface area contributed by atoms with Gasteiger partial charge in [-0.05, 0) is 164 Å². The number of aromatic nitrogens is 2. The second-order valence-electron chi connectivity index (χ2n) is 32.3. The fourth-order valence-corrected chi connectivity index (χ4v) is 11.7. The molecule has 0 atom stereocenters. The summed E-state index contributed by atoms with van der Waals surface area (Å²) in [6, 6.07) is 38.9.